The SMILES string of the molecule is COc1ccc(NC(=O)C(C)Oc2cccc(Cl)c2)c(OC)c1. The molecule has 0 bridgehead atoms. The lowest BCUT2D eigenvalue weighted by Crippen LogP contribution is -2.30. The Labute approximate surface area is 140 Å². The van der Waals surface area contributed by atoms with Crippen LogP contribution in [-0.2, 0) is 4.79 Å². The second-order valence-corrected chi connectivity index (χ2v) is 5.21. The van der Waals surface area contributed by atoms with Crippen molar-refractivity contribution in [2.75, 3.05) is 19.5 Å². The molecule has 2 aromatic rings. The molecule has 0 aliphatic heterocycles. The van der Waals surface area contributed by atoms with Crippen LogP contribution >= 0.6 is 11.6 Å². The number of hydrogen-bond acceptors (Lipinski definition) is 4. The van der Waals surface area contributed by atoms with Crippen molar-refractivity contribution in [1.82, 2.24) is 0 Å². The number of nitrogens with one attached hydrogen (secondary N) is 1. The van der Waals surface area contributed by atoms with Crippen LogP contribution in [-0.4, -0.2) is 26.2 Å². The van der Waals surface area contributed by atoms with Gasteiger partial charge in [0.05, 0.1) is 19.9 Å². The fraction of sp³-hybridized carbons (Fsp3) is 0.235. The van der Waals surface area contributed by atoms with Crippen LogP contribution < -0.4 is 19.5 Å². The van der Waals surface area contributed by atoms with E-state index in [9.17, 15) is 4.79 Å². The van der Waals surface area contributed by atoms with Gasteiger partial charge in [0.25, 0.3) is 5.91 Å². The summed E-state index contributed by atoms with van der Waals surface area (Å²) in [6.07, 6.45) is -0.694. The van der Waals surface area contributed by atoms with Gasteiger partial charge in [-0.15, -0.1) is 0 Å². The van der Waals surface area contributed by atoms with E-state index in [-0.39, 0.29) is 5.91 Å². The van der Waals surface area contributed by atoms with E-state index < -0.39 is 6.10 Å². The first kappa shape index (κ1) is 17.0. The maximum absolute atomic E-state index is 12.3. The normalized spacial score (nSPS) is 11.5. The maximum atomic E-state index is 12.3. The lowest BCUT2D eigenvalue weighted by molar-refractivity contribution is -0.122. The second kappa shape index (κ2) is 7.74. The summed E-state index contributed by atoms with van der Waals surface area (Å²) in [5.41, 5.74) is 0.542. The number of rotatable bonds is 6. The molecule has 0 saturated carbocycles. The summed E-state index contributed by atoms with van der Waals surface area (Å²) in [7, 11) is 3.09. The van der Waals surface area contributed by atoms with Crippen molar-refractivity contribution in [3.63, 3.8) is 0 Å². The Morgan fingerprint density at radius 3 is 2.52 bits per heavy atom. The zero-order valence-corrected chi connectivity index (χ0v) is 13.9. The number of carbonyl (C=O) groups excluding carboxylic acids is 1. The molecular formula is C17H18ClNO4. The van der Waals surface area contributed by atoms with Crippen molar-refractivity contribution in [3.8, 4) is 17.2 Å². The molecule has 5 nitrogen and oxygen atoms in total. The number of benzene rings is 2. The van der Waals surface area contributed by atoms with E-state index in [2.05, 4.69) is 5.32 Å². The van der Waals surface area contributed by atoms with E-state index in [1.807, 2.05) is 0 Å². The molecule has 0 heterocycles. The Balaban J connectivity index is 2.06. The molecule has 1 unspecified atom stereocenters. The first-order valence-corrected chi connectivity index (χ1v) is 7.36. The largest absolute Gasteiger partial charge is 0.497 e. The van der Waals surface area contributed by atoms with Gasteiger partial charge in [-0.25, -0.2) is 0 Å². The summed E-state index contributed by atoms with van der Waals surface area (Å²) in [5, 5.41) is 3.32. The van der Waals surface area contributed by atoms with Gasteiger partial charge in [0.2, 0.25) is 0 Å². The third-order valence-electron chi connectivity index (χ3n) is 3.14. The number of methoxy groups -OCH3 is 2. The first-order valence-electron chi connectivity index (χ1n) is 6.98. The summed E-state index contributed by atoms with van der Waals surface area (Å²) in [6.45, 7) is 1.66. The molecule has 1 atom stereocenters. The van der Waals surface area contributed by atoms with Gasteiger partial charge in [-0.05, 0) is 37.3 Å². The third-order valence-corrected chi connectivity index (χ3v) is 3.38. The van der Waals surface area contributed by atoms with Crippen molar-refractivity contribution in [2.45, 2.75) is 13.0 Å². The van der Waals surface area contributed by atoms with Gasteiger partial charge >= 0.3 is 0 Å². The lowest BCUT2D eigenvalue weighted by Gasteiger charge is -2.16. The smallest absolute Gasteiger partial charge is 0.265 e. The average molecular weight is 336 g/mol. The number of halogens is 1. The summed E-state index contributed by atoms with van der Waals surface area (Å²) < 4.78 is 16.0. The standard InChI is InChI=1S/C17H18ClNO4/c1-11(23-14-6-4-5-12(18)9-14)17(20)19-15-8-7-13(21-2)10-16(15)22-3/h4-11H,1-3H3,(H,19,20). The number of ether oxygens (including phenoxy) is 3. The minimum atomic E-state index is -0.694. The lowest BCUT2D eigenvalue weighted by atomic mass is 10.2. The van der Waals surface area contributed by atoms with E-state index >= 15 is 0 Å². The molecule has 1 N–H and O–H groups in total. The highest BCUT2D eigenvalue weighted by atomic mass is 35.5. The molecule has 0 aromatic heterocycles. The van der Waals surface area contributed by atoms with Crippen LogP contribution in [0.5, 0.6) is 17.2 Å². The van der Waals surface area contributed by atoms with Gasteiger partial charge in [0.15, 0.2) is 6.10 Å². The highest BCUT2D eigenvalue weighted by Gasteiger charge is 2.17. The molecular weight excluding hydrogens is 318 g/mol. The van der Waals surface area contributed by atoms with Crippen LogP contribution in [0.2, 0.25) is 5.02 Å². The van der Waals surface area contributed by atoms with Crippen molar-refractivity contribution in [2.24, 2.45) is 0 Å². The van der Waals surface area contributed by atoms with Crippen LogP contribution in [0.1, 0.15) is 6.92 Å². The molecule has 0 radical (unpaired) electrons. The highest BCUT2D eigenvalue weighted by Crippen LogP contribution is 2.29. The fourth-order valence-electron chi connectivity index (χ4n) is 1.93. The minimum absolute atomic E-state index is 0.298. The molecule has 0 aliphatic carbocycles. The summed E-state index contributed by atoms with van der Waals surface area (Å²) in [6, 6.07) is 12.0. The Morgan fingerprint density at radius 2 is 1.87 bits per heavy atom. The van der Waals surface area contributed by atoms with Crippen LogP contribution in [0, 0.1) is 0 Å². The Bertz CT molecular complexity index is 690. The maximum Gasteiger partial charge on any atom is 0.265 e. The monoisotopic (exact) mass is 335 g/mol. The molecule has 122 valence electrons. The second-order valence-electron chi connectivity index (χ2n) is 4.77. The van der Waals surface area contributed by atoms with Crippen molar-refractivity contribution in [3.05, 3.63) is 47.5 Å². The van der Waals surface area contributed by atoms with Crippen LogP contribution in [0.4, 0.5) is 5.69 Å². The number of anilines is 1. The van der Waals surface area contributed by atoms with Gasteiger partial charge in [-0.2, -0.15) is 0 Å². The highest BCUT2D eigenvalue weighted by molar-refractivity contribution is 6.30. The summed E-state index contributed by atoms with van der Waals surface area (Å²) in [4.78, 5) is 12.3. The molecule has 0 fully saturated rings. The van der Waals surface area contributed by atoms with Crippen molar-refractivity contribution >= 4 is 23.2 Å². The summed E-state index contributed by atoms with van der Waals surface area (Å²) >= 11 is 5.90. The van der Waals surface area contributed by atoms with E-state index in [0.717, 1.165) is 0 Å². The Kier molecular flexibility index (Phi) is 5.71. The minimum Gasteiger partial charge on any atom is -0.497 e. The molecule has 0 spiro atoms. The molecule has 0 saturated heterocycles. The zero-order valence-electron chi connectivity index (χ0n) is 13.1. The Hall–Kier alpha value is -2.40. The molecule has 6 heteroatoms. The molecule has 23 heavy (non-hydrogen) atoms. The molecule has 2 aromatic carbocycles. The quantitative estimate of drug-likeness (QED) is 0.873. The van der Waals surface area contributed by atoms with Gasteiger partial charge in [0.1, 0.15) is 17.2 Å². The van der Waals surface area contributed by atoms with E-state index in [1.165, 1.54) is 7.11 Å². The first-order chi connectivity index (χ1) is 11.0. The van der Waals surface area contributed by atoms with Gasteiger partial charge in [-0.3, -0.25) is 4.79 Å². The van der Waals surface area contributed by atoms with Gasteiger partial charge < -0.3 is 19.5 Å². The predicted octanol–water partition coefficient (Wildman–Crippen LogP) is 3.76. The van der Waals surface area contributed by atoms with Crippen molar-refractivity contribution < 1.29 is 19.0 Å². The fourth-order valence-corrected chi connectivity index (χ4v) is 2.11. The number of amides is 1. The van der Waals surface area contributed by atoms with Crippen LogP contribution in [0.25, 0.3) is 0 Å². The van der Waals surface area contributed by atoms with Crippen molar-refractivity contribution in [1.29, 1.82) is 0 Å². The predicted molar refractivity (Wildman–Crippen MR) is 89.7 cm³/mol. The number of carbonyl (C=O) groups is 1. The topological polar surface area (TPSA) is 56.8 Å². The zero-order chi connectivity index (χ0) is 16.8. The van der Waals surface area contributed by atoms with Crippen LogP contribution in [0.3, 0.4) is 0 Å². The molecule has 1 amide bonds. The van der Waals surface area contributed by atoms with E-state index in [0.29, 0.717) is 28.0 Å². The van der Waals surface area contributed by atoms with E-state index in [4.69, 9.17) is 25.8 Å². The Morgan fingerprint density at radius 1 is 1.09 bits per heavy atom. The van der Waals surface area contributed by atoms with Gasteiger partial charge in [-0.1, -0.05) is 17.7 Å². The van der Waals surface area contributed by atoms with E-state index in [1.54, 1.807) is 56.5 Å². The average Bonchev–Trinajstić information content (AvgIpc) is 2.55. The third kappa shape index (κ3) is 4.53. The van der Waals surface area contributed by atoms with Crippen LogP contribution in [0.15, 0.2) is 42.5 Å². The molecule has 0 aliphatic rings. The molecule has 2 rings (SSSR count). The van der Waals surface area contributed by atoms with Gasteiger partial charge in [0, 0.05) is 11.1 Å². The summed E-state index contributed by atoms with van der Waals surface area (Å²) in [5.74, 6) is 1.38. The number of hydrogen-bond donors (Lipinski definition) is 1.